The highest BCUT2D eigenvalue weighted by molar-refractivity contribution is 5.68. The molecule has 1 fully saturated rings. The van der Waals surface area contributed by atoms with Crippen LogP contribution in [-0.2, 0) is 4.74 Å². The van der Waals surface area contributed by atoms with Crippen molar-refractivity contribution in [3.63, 3.8) is 0 Å². The minimum Gasteiger partial charge on any atom is -0.444 e. The molecule has 1 unspecified atom stereocenters. The maximum Gasteiger partial charge on any atom is 0.410 e. The van der Waals surface area contributed by atoms with Crippen molar-refractivity contribution in [3.05, 3.63) is 0 Å². The number of carbonyl (C=O) groups excluding carboxylic acids is 1. The number of carbonyl (C=O) groups is 1. The highest BCUT2D eigenvalue weighted by atomic mass is 19.1. The largest absolute Gasteiger partial charge is 0.444 e. The number of likely N-dealkylation sites (tertiary alicyclic amines) is 1. The zero-order valence-electron chi connectivity index (χ0n) is 9.34. The Hall–Kier alpha value is -1.24. The Morgan fingerprint density at radius 1 is 1.60 bits per heavy atom. The molecule has 1 heterocycles. The summed E-state index contributed by atoms with van der Waals surface area (Å²) in [5.74, 6) is 2.07. The fraction of sp³-hybridized carbons (Fsp3) is 0.727. The summed E-state index contributed by atoms with van der Waals surface area (Å²) in [6.45, 7) is 5.55. The zero-order chi connectivity index (χ0) is 11.7. The van der Waals surface area contributed by atoms with Crippen molar-refractivity contribution in [2.45, 2.75) is 38.5 Å². The smallest absolute Gasteiger partial charge is 0.410 e. The molecule has 0 spiro atoms. The van der Waals surface area contributed by atoms with Crippen LogP contribution in [0.25, 0.3) is 0 Å². The molecule has 1 saturated heterocycles. The minimum absolute atomic E-state index is 0.0710. The van der Waals surface area contributed by atoms with Gasteiger partial charge in [-0.15, -0.1) is 6.42 Å². The molecule has 4 heteroatoms. The summed E-state index contributed by atoms with van der Waals surface area (Å²) < 4.78 is 18.7. The Balaban J connectivity index is 2.56. The van der Waals surface area contributed by atoms with Crippen LogP contribution in [-0.4, -0.2) is 35.4 Å². The van der Waals surface area contributed by atoms with E-state index in [0.29, 0.717) is 6.54 Å². The quantitative estimate of drug-likeness (QED) is 0.576. The molecule has 0 bridgehead atoms. The Bertz CT molecular complexity index is 303. The van der Waals surface area contributed by atoms with E-state index in [4.69, 9.17) is 11.2 Å². The van der Waals surface area contributed by atoms with Gasteiger partial charge in [-0.3, -0.25) is 0 Å². The molecule has 0 N–H and O–H groups in total. The second-order valence-corrected chi connectivity index (χ2v) is 4.76. The lowest BCUT2D eigenvalue weighted by Gasteiger charge is -2.24. The zero-order valence-corrected chi connectivity index (χ0v) is 9.34. The van der Waals surface area contributed by atoms with Gasteiger partial charge in [0.25, 0.3) is 0 Å². The molecule has 3 nitrogen and oxygen atoms in total. The van der Waals surface area contributed by atoms with Gasteiger partial charge in [-0.05, 0) is 20.8 Å². The molecular weight excluding hydrogens is 197 g/mol. The first-order valence-corrected chi connectivity index (χ1v) is 4.90. The molecule has 0 saturated carbocycles. The van der Waals surface area contributed by atoms with E-state index in [1.165, 1.54) is 4.90 Å². The van der Waals surface area contributed by atoms with Crippen LogP contribution in [0.15, 0.2) is 0 Å². The van der Waals surface area contributed by atoms with Crippen molar-refractivity contribution in [2.24, 2.45) is 0 Å². The van der Waals surface area contributed by atoms with E-state index in [1.54, 1.807) is 20.8 Å². The molecule has 0 aromatic rings. The van der Waals surface area contributed by atoms with Crippen molar-refractivity contribution in [2.75, 3.05) is 13.1 Å². The lowest BCUT2D eigenvalue weighted by Crippen LogP contribution is -2.37. The van der Waals surface area contributed by atoms with E-state index in [1.807, 2.05) is 0 Å². The number of nitrogens with zero attached hydrogens (tertiary/aromatic N) is 1. The number of amides is 1. The van der Waals surface area contributed by atoms with Crippen molar-refractivity contribution >= 4 is 6.09 Å². The maximum atomic E-state index is 13.6. The van der Waals surface area contributed by atoms with E-state index in [0.717, 1.165) is 0 Å². The Kier molecular flexibility index (Phi) is 2.94. The van der Waals surface area contributed by atoms with Gasteiger partial charge in [0.15, 0.2) is 5.67 Å². The van der Waals surface area contributed by atoms with E-state index in [9.17, 15) is 9.18 Å². The van der Waals surface area contributed by atoms with Gasteiger partial charge in [-0.2, -0.15) is 0 Å². The average molecular weight is 213 g/mol. The van der Waals surface area contributed by atoms with Gasteiger partial charge >= 0.3 is 6.09 Å². The van der Waals surface area contributed by atoms with E-state index in [-0.39, 0.29) is 13.0 Å². The summed E-state index contributed by atoms with van der Waals surface area (Å²) in [6, 6.07) is 0. The third kappa shape index (κ3) is 3.12. The van der Waals surface area contributed by atoms with E-state index >= 15 is 0 Å². The Morgan fingerprint density at radius 3 is 2.60 bits per heavy atom. The predicted molar refractivity (Wildman–Crippen MR) is 55.1 cm³/mol. The van der Waals surface area contributed by atoms with Crippen molar-refractivity contribution in [3.8, 4) is 12.3 Å². The fourth-order valence-corrected chi connectivity index (χ4v) is 1.37. The normalized spacial score (nSPS) is 26.2. The Labute approximate surface area is 89.6 Å². The first-order valence-electron chi connectivity index (χ1n) is 4.90. The number of hydrogen-bond donors (Lipinski definition) is 0. The molecule has 1 aliphatic heterocycles. The highest BCUT2D eigenvalue weighted by Crippen LogP contribution is 2.25. The van der Waals surface area contributed by atoms with E-state index in [2.05, 4.69) is 5.92 Å². The van der Waals surface area contributed by atoms with Gasteiger partial charge in [0.1, 0.15) is 5.60 Å². The number of halogens is 1. The predicted octanol–water partition coefficient (Wildman–Crippen LogP) is 1.97. The third-order valence-corrected chi connectivity index (χ3v) is 2.13. The van der Waals surface area contributed by atoms with Crippen LogP contribution in [0.2, 0.25) is 0 Å². The molecule has 0 aliphatic carbocycles. The highest BCUT2D eigenvalue weighted by Gasteiger charge is 2.40. The summed E-state index contributed by atoms with van der Waals surface area (Å²) in [5.41, 5.74) is -2.24. The Morgan fingerprint density at radius 2 is 2.20 bits per heavy atom. The van der Waals surface area contributed by atoms with Crippen LogP contribution in [0.3, 0.4) is 0 Å². The van der Waals surface area contributed by atoms with Crippen LogP contribution in [0, 0.1) is 12.3 Å². The van der Waals surface area contributed by atoms with Gasteiger partial charge in [-0.25, -0.2) is 9.18 Å². The summed E-state index contributed by atoms with van der Waals surface area (Å²) >= 11 is 0. The number of ether oxygens (including phenoxy) is 1. The minimum atomic E-state index is -1.68. The standard InChI is InChI=1S/C11H16FNO2/c1-5-11(12)6-7-13(8-11)9(14)15-10(2,3)4/h1H,6-8H2,2-4H3. The number of hydrogen-bond acceptors (Lipinski definition) is 2. The topological polar surface area (TPSA) is 29.5 Å². The summed E-state index contributed by atoms with van der Waals surface area (Å²) in [5, 5.41) is 0. The van der Waals surface area contributed by atoms with Crippen LogP contribution in [0.1, 0.15) is 27.2 Å². The molecule has 0 aromatic heterocycles. The second kappa shape index (κ2) is 3.73. The van der Waals surface area contributed by atoms with Gasteiger partial charge < -0.3 is 9.64 Å². The lowest BCUT2D eigenvalue weighted by atomic mass is 10.1. The van der Waals surface area contributed by atoms with Gasteiger partial charge in [0.2, 0.25) is 0 Å². The number of terminal acetylenes is 1. The van der Waals surface area contributed by atoms with Gasteiger partial charge in [0.05, 0.1) is 6.54 Å². The third-order valence-electron chi connectivity index (χ3n) is 2.13. The molecule has 0 radical (unpaired) electrons. The van der Waals surface area contributed by atoms with Crippen molar-refractivity contribution in [1.82, 2.24) is 4.90 Å². The summed E-state index contributed by atoms with van der Waals surface area (Å²) in [4.78, 5) is 12.8. The first-order chi connectivity index (χ1) is 6.76. The summed E-state index contributed by atoms with van der Waals surface area (Å²) in [6.07, 6.45) is 4.73. The van der Waals surface area contributed by atoms with Crippen LogP contribution < -0.4 is 0 Å². The monoisotopic (exact) mass is 213 g/mol. The lowest BCUT2D eigenvalue weighted by molar-refractivity contribution is 0.0274. The van der Waals surface area contributed by atoms with Crippen LogP contribution >= 0.6 is 0 Å². The van der Waals surface area contributed by atoms with Gasteiger partial charge in [0, 0.05) is 13.0 Å². The van der Waals surface area contributed by atoms with Crippen LogP contribution in [0.5, 0.6) is 0 Å². The first kappa shape index (κ1) is 11.8. The average Bonchev–Trinajstić information content (AvgIpc) is 2.46. The van der Waals surface area contributed by atoms with Gasteiger partial charge in [-0.1, -0.05) is 5.92 Å². The van der Waals surface area contributed by atoms with E-state index < -0.39 is 17.4 Å². The molecule has 0 aromatic carbocycles. The molecule has 1 amide bonds. The maximum absolute atomic E-state index is 13.6. The molecule has 15 heavy (non-hydrogen) atoms. The SMILES string of the molecule is C#CC1(F)CCN(C(=O)OC(C)(C)C)C1. The molecular formula is C11H16FNO2. The number of alkyl halides is 1. The van der Waals surface area contributed by atoms with Crippen LogP contribution in [0.4, 0.5) is 9.18 Å². The molecule has 84 valence electrons. The summed E-state index contributed by atoms with van der Waals surface area (Å²) in [7, 11) is 0. The number of rotatable bonds is 0. The fourth-order valence-electron chi connectivity index (χ4n) is 1.37. The van der Waals surface area contributed by atoms with Crippen molar-refractivity contribution in [1.29, 1.82) is 0 Å². The molecule has 1 rings (SSSR count). The van der Waals surface area contributed by atoms with Crippen molar-refractivity contribution < 1.29 is 13.9 Å². The molecule has 1 aliphatic rings. The molecule has 1 atom stereocenters. The second-order valence-electron chi connectivity index (χ2n) is 4.76.